The molecule has 1 aliphatic heterocycles. The molecule has 2 aromatic heterocycles. The van der Waals surface area contributed by atoms with E-state index in [-0.39, 0.29) is 24.2 Å². The maximum Gasteiger partial charge on any atom is 0.243 e. The Balaban J connectivity index is 1.70. The van der Waals surface area contributed by atoms with Gasteiger partial charge in [-0.05, 0) is 25.0 Å². The number of nitrogens with zero attached hydrogens (tertiary/aromatic N) is 5. The molecule has 1 N–H and O–H groups in total. The van der Waals surface area contributed by atoms with Gasteiger partial charge in [-0.3, -0.25) is 9.29 Å². The molecule has 1 aromatic carbocycles. The van der Waals surface area contributed by atoms with Gasteiger partial charge in [-0.25, -0.2) is 18.4 Å². The molecular formula is C20H23ClN6O5S. The molecule has 11 nitrogen and oxygen atoms in total. The fourth-order valence-electron chi connectivity index (χ4n) is 3.51. The van der Waals surface area contributed by atoms with Crippen molar-refractivity contribution in [2.24, 2.45) is 0 Å². The van der Waals surface area contributed by atoms with E-state index >= 15 is 0 Å². The molecule has 33 heavy (non-hydrogen) atoms. The Kier molecular flexibility index (Phi) is 6.96. The Morgan fingerprint density at radius 1 is 1.18 bits per heavy atom. The second-order valence-electron chi connectivity index (χ2n) is 7.22. The number of anilines is 1. The summed E-state index contributed by atoms with van der Waals surface area (Å²) in [7, 11) is -0.795. The van der Waals surface area contributed by atoms with Crippen LogP contribution in [0.1, 0.15) is 30.6 Å². The number of ether oxygens (including phenoxy) is 3. The number of rotatable bonds is 9. The van der Waals surface area contributed by atoms with Crippen LogP contribution in [0.25, 0.3) is 5.69 Å². The van der Waals surface area contributed by atoms with Crippen LogP contribution >= 0.6 is 11.6 Å². The predicted molar refractivity (Wildman–Crippen MR) is 121 cm³/mol. The number of halogens is 1. The highest BCUT2D eigenvalue weighted by atomic mass is 35.5. The second-order valence-corrected chi connectivity index (χ2v) is 9.50. The maximum atomic E-state index is 12.9. The molecule has 13 heteroatoms. The molecule has 3 heterocycles. The Morgan fingerprint density at radius 2 is 1.88 bits per heavy atom. The first-order chi connectivity index (χ1) is 15.9. The third-order valence-electron chi connectivity index (χ3n) is 5.05. The monoisotopic (exact) mass is 494 g/mol. The number of benzene rings is 1. The first-order valence-corrected chi connectivity index (χ1v) is 12.2. The Bertz CT molecular complexity index is 1190. The van der Waals surface area contributed by atoms with Crippen LogP contribution in [0.2, 0.25) is 5.02 Å². The topological polar surface area (TPSA) is 130 Å². The molecule has 3 aromatic rings. The zero-order valence-electron chi connectivity index (χ0n) is 18.1. The summed E-state index contributed by atoms with van der Waals surface area (Å²) in [6.45, 7) is 0.586. The van der Waals surface area contributed by atoms with Crippen molar-refractivity contribution in [1.29, 1.82) is 0 Å². The average molecular weight is 495 g/mol. The van der Waals surface area contributed by atoms with Crippen molar-refractivity contribution in [2.75, 3.05) is 31.3 Å². The van der Waals surface area contributed by atoms with Gasteiger partial charge in [-0.2, -0.15) is 0 Å². The zero-order chi connectivity index (χ0) is 23.4. The summed E-state index contributed by atoms with van der Waals surface area (Å²) in [5, 5.41) is 8.75. The molecule has 176 valence electrons. The van der Waals surface area contributed by atoms with E-state index in [0.29, 0.717) is 40.5 Å². The molecule has 1 atom stereocenters. The van der Waals surface area contributed by atoms with Gasteiger partial charge in [0, 0.05) is 25.4 Å². The van der Waals surface area contributed by atoms with Crippen molar-refractivity contribution in [3.05, 3.63) is 47.3 Å². The van der Waals surface area contributed by atoms with Gasteiger partial charge in [-0.15, -0.1) is 10.2 Å². The Labute approximate surface area is 196 Å². The maximum absolute atomic E-state index is 12.9. The summed E-state index contributed by atoms with van der Waals surface area (Å²) in [4.78, 5) is 8.07. The van der Waals surface area contributed by atoms with Crippen LogP contribution in [0.15, 0.2) is 30.6 Å². The number of hydrogen-bond donors (Lipinski definition) is 1. The summed E-state index contributed by atoms with van der Waals surface area (Å²) in [5.41, 5.74) is 0.469. The lowest BCUT2D eigenvalue weighted by molar-refractivity contribution is 0.103. The molecule has 1 fully saturated rings. The lowest BCUT2D eigenvalue weighted by Gasteiger charge is -2.19. The summed E-state index contributed by atoms with van der Waals surface area (Å²) in [6.07, 6.45) is 4.19. The smallest absolute Gasteiger partial charge is 0.243 e. The van der Waals surface area contributed by atoms with Crippen LogP contribution in [-0.4, -0.2) is 59.7 Å². The molecular weight excluding hydrogens is 472 g/mol. The van der Waals surface area contributed by atoms with Gasteiger partial charge < -0.3 is 14.2 Å². The molecule has 0 spiro atoms. The highest BCUT2D eigenvalue weighted by Crippen LogP contribution is 2.38. The average Bonchev–Trinajstić information content (AvgIpc) is 3.48. The van der Waals surface area contributed by atoms with Crippen molar-refractivity contribution >= 4 is 27.6 Å². The van der Waals surface area contributed by atoms with E-state index in [1.807, 2.05) is 0 Å². The van der Waals surface area contributed by atoms with Crippen molar-refractivity contribution in [2.45, 2.75) is 25.4 Å². The quantitative estimate of drug-likeness (QED) is 0.476. The molecule has 1 aliphatic rings. The minimum absolute atomic E-state index is 0.000300. The number of aromatic nitrogens is 5. The van der Waals surface area contributed by atoms with E-state index in [4.69, 9.17) is 25.8 Å². The van der Waals surface area contributed by atoms with Crippen LogP contribution < -0.4 is 14.2 Å². The molecule has 0 aliphatic carbocycles. The van der Waals surface area contributed by atoms with Crippen molar-refractivity contribution in [3.63, 3.8) is 0 Å². The number of para-hydroxylation sites is 1. The zero-order valence-corrected chi connectivity index (χ0v) is 19.6. The number of nitrogens with one attached hydrogen (secondary N) is 1. The highest BCUT2D eigenvalue weighted by molar-refractivity contribution is 7.92. The number of hydrogen-bond acceptors (Lipinski definition) is 9. The van der Waals surface area contributed by atoms with Crippen molar-refractivity contribution in [3.8, 4) is 17.2 Å². The van der Waals surface area contributed by atoms with Crippen LogP contribution in [0, 0.1) is 0 Å². The standard InChI is InChI=1S/C20H23ClN6O5S/c1-30-14-5-3-6-15(31-2)18(14)27-19(16-7-4-9-32-16)24-25-20(27)26-33(28,29)10-8-17-22-11-13(21)12-23-17/h3,5-6,11-12,16H,4,7-10H2,1-2H3,(H,25,26)/t16-/m1/s1. The fraction of sp³-hybridized carbons (Fsp3) is 0.400. The van der Waals surface area contributed by atoms with Crippen LogP contribution in [0.5, 0.6) is 11.5 Å². The predicted octanol–water partition coefficient (Wildman–Crippen LogP) is 2.56. The van der Waals surface area contributed by atoms with Gasteiger partial charge >= 0.3 is 0 Å². The molecule has 0 unspecified atom stereocenters. The number of aryl methyl sites for hydroxylation is 1. The summed E-state index contributed by atoms with van der Waals surface area (Å²) >= 11 is 5.79. The molecule has 1 saturated heterocycles. The van der Waals surface area contributed by atoms with E-state index < -0.39 is 10.0 Å². The van der Waals surface area contributed by atoms with Crippen LogP contribution in [0.4, 0.5) is 5.95 Å². The normalized spacial score (nSPS) is 16.0. The van der Waals surface area contributed by atoms with Crippen LogP contribution in [-0.2, 0) is 21.2 Å². The van der Waals surface area contributed by atoms with Gasteiger partial charge in [0.2, 0.25) is 16.0 Å². The SMILES string of the molecule is COc1cccc(OC)c1-n1c(NS(=O)(=O)CCc2ncc(Cl)cn2)nnc1[C@H]1CCCO1. The molecule has 4 rings (SSSR count). The molecule has 0 saturated carbocycles. The van der Waals surface area contributed by atoms with Gasteiger partial charge in [0.1, 0.15) is 29.1 Å². The van der Waals surface area contributed by atoms with Gasteiger partial charge in [0.25, 0.3) is 0 Å². The lowest BCUT2D eigenvalue weighted by atomic mass is 10.2. The highest BCUT2D eigenvalue weighted by Gasteiger charge is 2.30. The second kappa shape index (κ2) is 9.89. The van der Waals surface area contributed by atoms with E-state index in [9.17, 15) is 8.42 Å². The Morgan fingerprint density at radius 3 is 2.48 bits per heavy atom. The van der Waals surface area contributed by atoms with Gasteiger partial charge in [-0.1, -0.05) is 17.7 Å². The van der Waals surface area contributed by atoms with Crippen LogP contribution in [0.3, 0.4) is 0 Å². The summed E-state index contributed by atoms with van der Waals surface area (Å²) < 4.78 is 46.7. The Hall–Kier alpha value is -2.96. The van der Waals surface area contributed by atoms with E-state index in [2.05, 4.69) is 24.9 Å². The first-order valence-electron chi connectivity index (χ1n) is 10.2. The third-order valence-corrected chi connectivity index (χ3v) is 6.48. The number of methoxy groups -OCH3 is 2. The van der Waals surface area contributed by atoms with E-state index in [1.54, 1.807) is 22.8 Å². The molecule has 0 bridgehead atoms. The van der Waals surface area contributed by atoms with Gasteiger partial charge in [0.15, 0.2) is 5.82 Å². The summed E-state index contributed by atoms with van der Waals surface area (Å²) in [5.74, 6) is 1.47. The summed E-state index contributed by atoms with van der Waals surface area (Å²) in [6, 6.07) is 5.26. The van der Waals surface area contributed by atoms with Gasteiger partial charge in [0.05, 0.1) is 25.0 Å². The van der Waals surface area contributed by atoms with Crippen molar-refractivity contribution in [1.82, 2.24) is 24.7 Å². The molecule has 0 radical (unpaired) electrons. The fourth-order valence-corrected chi connectivity index (χ4v) is 4.57. The minimum atomic E-state index is -3.83. The van der Waals surface area contributed by atoms with Crippen molar-refractivity contribution < 1.29 is 22.6 Å². The minimum Gasteiger partial charge on any atom is -0.494 e. The largest absolute Gasteiger partial charge is 0.494 e. The number of sulfonamides is 1. The molecule has 0 amide bonds. The van der Waals surface area contributed by atoms with E-state index in [1.165, 1.54) is 26.6 Å². The van der Waals surface area contributed by atoms with E-state index in [0.717, 1.165) is 12.8 Å². The third kappa shape index (κ3) is 5.18. The first kappa shape index (κ1) is 23.2. The lowest BCUT2D eigenvalue weighted by Crippen LogP contribution is -2.22.